The van der Waals surface area contributed by atoms with E-state index in [2.05, 4.69) is 5.32 Å². The van der Waals surface area contributed by atoms with Gasteiger partial charge in [-0.15, -0.1) is 0 Å². The largest absolute Gasteiger partial charge is 0.483 e. The second-order valence-corrected chi connectivity index (χ2v) is 4.40. The Hall–Kier alpha value is -2.57. The van der Waals surface area contributed by atoms with Crippen molar-refractivity contribution in [2.45, 2.75) is 25.8 Å². The van der Waals surface area contributed by atoms with Gasteiger partial charge in [0.15, 0.2) is 6.61 Å². The topological polar surface area (TPSA) is 119 Å². The molecule has 0 spiro atoms. The minimum atomic E-state index is -1.10. The van der Waals surface area contributed by atoms with Crippen LogP contribution in [0.15, 0.2) is 24.3 Å². The molecule has 1 unspecified atom stereocenters. The predicted octanol–water partition coefficient (Wildman–Crippen LogP) is 0.534. The van der Waals surface area contributed by atoms with Crippen LogP contribution in [0.2, 0.25) is 0 Å². The van der Waals surface area contributed by atoms with Gasteiger partial charge in [0, 0.05) is 0 Å². The molecule has 2 amide bonds. The molecule has 0 aliphatic carbocycles. The van der Waals surface area contributed by atoms with E-state index in [0.29, 0.717) is 12.8 Å². The molecule has 0 saturated carbocycles. The quantitative estimate of drug-likeness (QED) is 0.646. The van der Waals surface area contributed by atoms with E-state index in [0.717, 1.165) is 0 Å². The number of hydrogen-bond donors (Lipinski definition) is 3. The Morgan fingerprint density at radius 3 is 2.57 bits per heavy atom. The Bertz CT molecular complexity index is 530. The highest BCUT2D eigenvalue weighted by molar-refractivity contribution is 5.99. The smallest absolute Gasteiger partial charge is 0.326 e. The lowest BCUT2D eigenvalue weighted by atomic mass is 10.1. The number of carboxylic acid groups (broad SMARTS) is 1. The molecule has 0 heterocycles. The number of nitrogens with two attached hydrogens (primary N) is 1. The van der Waals surface area contributed by atoms with Crippen molar-refractivity contribution >= 4 is 17.8 Å². The molecule has 1 aromatic carbocycles. The summed E-state index contributed by atoms with van der Waals surface area (Å²) in [5.41, 5.74) is 5.14. The molecule has 0 aliphatic rings. The van der Waals surface area contributed by atoms with Gasteiger partial charge in [-0.1, -0.05) is 25.5 Å². The van der Waals surface area contributed by atoms with Gasteiger partial charge >= 0.3 is 5.97 Å². The van der Waals surface area contributed by atoms with Crippen LogP contribution < -0.4 is 15.8 Å². The molecular formula is C14H18N2O5. The Morgan fingerprint density at radius 2 is 2.00 bits per heavy atom. The van der Waals surface area contributed by atoms with Crippen molar-refractivity contribution < 1.29 is 24.2 Å². The molecule has 0 aromatic heterocycles. The zero-order chi connectivity index (χ0) is 15.8. The van der Waals surface area contributed by atoms with Crippen LogP contribution in [0.4, 0.5) is 0 Å². The van der Waals surface area contributed by atoms with Gasteiger partial charge in [-0.2, -0.15) is 0 Å². The molecule has 7 nitrogen and oxygen atoms in total. The van der Waals surface area contributed by atoms with Gasteiger partial charge < -0.3 is 20.9 Å². The first kappa shape index (κ1) is 16.5. The summed E-state index contributed by atoms with van der Waals surface area (Å²) in [6.07, 6.45) is 0.947. The van der Waals surface area contributed by atoms with Crippen LogP contribution in [0.1, 0.15) is 30.1 Å². The number of hydrogen-bond acceptors (Lipinski definition) is 4. The Morgan fingerprint density at radius 1 is 1.33 bits per heavy atom. The van der Waals surface area contributed by atoms with Crippen molar-refractivity contribution in [2.24, 2.45) is 5.73 Å². The summed E-state index contributed by atoms with van der Waals surface area (Å²) in [6.45, 7) is 1.47. The predicted molar refractivity (Wildman–Crippen MR) is 74.9 cm³/mol. The van der Waals surface area contributed by atoms with Crippen LogP contribution in [0.3, 0.4) is 0 Å². The molecule has 1 aromatic rings. The lowest BCUT2D eigenvalue weighted by Crippen LogP contribution is -2.40. The number of benzene rings is 1. The Kier molecular flexibility index (Phi) is 6.19. The number of aliphatic carboxylic acids is 1. The van der Waals surface area contributed by atoms with Crippen LogP contribution in [-0.4, -0.2) is 35.5 Å². The number of para-hydroxylation sites is 1. The molecule has 1 rings (SSSR count). The molecule has 0 saturated heterocycles. The van der Waals surface area contributed by atoms with Gasteiger partial charge in [0.1, 0.15) is 11.8 Å². The molecule has 4 N–H and O–H groups in total. The van der Waals surface area contributed by atoms with Crippen molar-refractivity contribution in [3.63, 3.8) is 0 Å². The number of nitrogens with one attached hydrogen (secondary N) is 1. The van der Waals surface area contributed by atoms with Crippen LogP contribution >= 0.6 is 0 Å². The van der Waals surface area contributed by atoms with Crippen molar-refractivity contribution in [1.29, 1.82) is 0 Å². The second-order valence-electron chi connectivity index (χ2n) is 4.40. The monoisotopic (exact) mass is 294 g/mol. The SMILES string of the molecule is CCCC(NC(=O)c1ccccc1OCC(N)=O)C(=O)O. The maximum atomic E-state index is 12.1. The highest BCUT2D eigenvalue weighted by atomic mass is 16.5. The van der Waals surface area contributed by atoms with Gasteiger partial charge in [0.2, 0.25) is 0 Å². The fourth-order valence-electron chi connectivity index (χ4n) is 1.71. The second kappa shape index (κ2) is 7.88. The van der Waals surface area contributed by atoms with Gasteiger partial charge in [0.25, 0.3) is 11.8 Å². The first-order chi connectivity index (χ1) is 9.95. The fourth-order valence-corrected chi connectivity index (χ4v) is 1.71. The summed E-state index contributed by atoms with van der Waals surface area (Å²) in [6, 6.07) is 5.27. The summed E-state index contributed by atoms with van der Waals surface area (Å²) in [4.78, 5) is 33.9. The van der Waals surface area contributed by atoms with E-state index in [9.17, 15) is 14.4 Å². The van der Waals surface area contributed by atoms with E-state index in [4.69, 9.17) is 15.6 Å². The highest BCUT2D eigenvalue weighted by Gasteiger charge is 2.21. The van der Waals surface area contributed by atoms with Crippen molar-refractivity contribution in [1.82, 2.24) is 5.32 Å². The van der Waals surface area contributed by atoms with E-state index in [1.54, 1.807) is 12.1 Å². The zero-order valence-corrected chi connectivity index (χ0v) is 11.7. The minimum absolute atomic E-state index is 0.154. The first-order valence-corrected chi connectivity index (χ1v) is 6.49. The molecule has 114 valence electrons. The maximum Gasteiger partial charge on any atom is 0.326 e. The first-order valence-electron chi connectivity index (χ1n) is 6.49. The fraction of sp³-hybridized carbons (Fsp3) is 0.357. The molecule has 1 atom stereocenters. The van der Waals surface area contributed by atoms with Crippen LogP contribution in [-0.2, 0) is 9.59 Å². The van der Waals surface area contributed by atoms with E-state index in [1.807, 2.05) is 6.92 Å². The average Bonchev–Trinajstić information content (AvgIpc) is 2.44. The number of carbonyl (C=O) groups is 3. The highest BCUT2D eigenvalue weighted by Crippen LogP contribution is 2.18. The van der Waals surface area contributed by atoms with Crippen LogP contribution in [0.25, 0.3) is 0 Å². The summed E-state index contributed by atoms with van der Waals surface area (Å²) in [7, 11) is 0. The van der Waals surface area contributed by atoms with E-state index in [-0.39, 0.29) is 17.9 Å². The van der Waals surface area contributed by atoms with Gasteiger partial charge in [-0.3, -0.25) is 9.59 Å². The molecule has 0 radical (unpaired) electrons. The summed E-state index contributed by atoms with van der Waals surface area (Å²) >= 11 is 0. The third-order valence-corrected chi connectivity index (χ3v) is 2.68. The van der Waals surface area contributed by atoms with Crippen LogP contribution in [0.5, 0.6) is 5.75 Å². The molecule has 21 heavy (non-hydrogen) atoms. The lowest BCUT2D eigenvalue weighted by molar-refractivity contribution is -0.139. The summed E-state index contributed by atoms with van der Waals surface area (Å²) in [5.74, 6) is -2.16. The summed E-state index contributed by atoms with van der Waals surface area (Å²) in [5, 5.41) is 11.5. The van der Waals surface area contributed by atoms with Gasteiger partial charge in [-0.25, -0.2) is 4.79 Å². The molecule has 0 fully saturated rings. The van der Waals surface area contributed by atoms with Gasteiger partial charge in [0.05, 0.1) is 5.56 Å². The van der Waals surface area contributed by atoms with Gasteiger partial charge in [-0.05, 0) is 18.6 Å². The zero-order valence-electron chi connectivity index (χ0n) is 11.7. The minimum Gasteiger partial charge on any atom is -0.483 e. The number of ether oxygens (including phenoxy) is 1. The molecule has 0 aliphatic heterocycles. The third-order valence-electron chi connectivity index (χ3n) is 2.68. The van der Waals surface area contributed by atoms with E-state index < -0.39 is 23.8 Å². The standard InChI is InChI=1S/C14H18N2O5/c1-2-5-10(14(19)20)16-13(18)9-6-3-4-7-11(9)21-8-12(15)17/h3-4,6-7,10H,2,5,8H2,1H3,(H2,15,17)(H,16,18)(H,19,20). The molecule has 7 heteroatoms. The molecule has 0 bridgehead atoms. The number of primary amides is 1. The number of carbonyl (C=O) groups excluding carboxylic acids is 2. The average molecular weight is 294 g/mol. The third kappa shape index (κ3) is 5.13. The van der Waals surface area contributed by atoms with Crippen molar-refractivity contribution in [3.8, 4) is 5.75 Å². The maximum absolute atomic E-state index is 12.1. The molecular weight excluding hydrogens is 276 g/mol. The summed E-state index contributed by atoms with van der Waals surface area (Å²) < 4.78 is 5.14. The Balaban J connectivity index is 2.86. The van der Waals surface area contributed by atoms with E-state index >= 15 is 0 Å². The van der Waals surface area contributed by atoms with Crippen LogP contribution in [0, 0.1) is 0 Å². The van der Waals surface area contributed by atoms with E-state index in [1.165, 1.54) is 12.1 Å². The normalized spacial score (nSPS) is 11.5. The van der Waals surface area contributed by atoms with Crippen molar-refractivity contribution in [2.75, 3.05) is 6.61 Å². The lowest BCUT2D eigenvalue weighted by Gasteiger charge is -2.15. The van der Waals surface area contributed by atoms with Crippen molar-refractivity contribution in [3.05, 3.63) is 29.8 Å². The Labute approximate surface area is 122 Å². The number of carboxylic acids is 1. The number of amides is 2. The number of rotatable bonds is 8.